The quantitative estimate of drug-likeness (QED) is 0.574. The topological polar surface area (TPSA) is 20.2 Å². The molecule has 0 amide bonds. The van der Waals surface area contributed by atoms with Gasteiger partial charge in [-0.2, -0.15) is 0 Å². The molecule has 1 atom stereocenters. The van der Waals surface area contributed by atoms with Gasteiger partial charge in [-0.3, -0.25) is 0 Å². The Hall–Kier alpha value is -0.300. The Morgan fingerprint density at radius 1 is 1.56 bits per heavy atom. The maximum absolute atomic E-state index is 8.74. The highest BCUT2D eigenvalue weighted by Gasteiger charge is 1.98. The Labute approximate surface area is 57.4 Å². The standard InChI is InChI=1S/C8H16O/c1-3-5-8(7-9)6-4-2/h3,5,8-9H,4,6-7H2,1-2H3. The Kier molecular flexibility index (Phi) is 5.64. The van der Waals surface area contributed by atoms with Crippen LogP contribution in [0.5, 0.6) is 0 Å². The van der Waals surface area contributed by atoms with Crippen LogP contribution in [-0.2, 0) is 0 Å². The second kappa shape index (κ2) is 5.83. The monoisotopic (exact) mass is 128 g/mol. The van der Waals surface area contributed by atoms with Gasteiger partial charge in [0.05, 0.1) is 0 Å². The summed E-state index contributed by atoms with van der Waals surface area (Å²) in [6.45, 7) is 4.41. The van der Waals surface area contributed by atoms with Gasteiger partial charge >= 0.3 is 0 Å². The maximum atomic E-state index is 8.74. The molecule has 0 aliphatic carbocycles. The summed E-state index contributed by atoms with van der Waals surface area (Å²) in [5.41, 5.74) is 0. The summed E-state index contributed by atoms with van der Waals surface area (Å²) in [5, 5.41) is 8.74. The van der Waals surface area contributed by atoms with E-state index >= 15 is 0 Å². The van der Waals surface area contributed by atoms with Gasteiger partial charge < -0.3 is 5.11 Å². The molecule has 0 fully saturated rings. The first-order valence-electron chi connectivity index (χ1n) is 3.58. The van der Waals surface area contributed by atoms with Gasteiger partial charge in [0.2, 0.25) is 0 Å². The van der Waals surface area contributed by atoms with Crippen LogP contribution >= 0.6 is 0 Å². The average Bonchev–Trinajstić information content (AvgIpc) is 1.88. The minimum absolute atomic E-state index is 0.290. The summed E-state index contributed by atoms with van der Waals surface area (Å²) < 4.78 is 0. The molecule has 0 aliphatic heterocycles. The average molecular weight is 128 g/mol. The van der Waals surface area contributed by atoms with E-state index in [1.807, 2.05) is 13.0 Å². The van der Waals surface area contributed by atoms with Gasteiger partial charge in [-0.1, -0.05) is 25.5 Å². The summed E-state index contributed by atoms with van der Waals surface area (Å²) in [6.07, 6.45) is 6.30. The summed E-state index contributed by atoms with van der Waals surface area (Å²) in [6, 6.07) is 0. The van der Waals surface area contributed by atoms with Crippen LogP contribution in [0.1, 0.15) is 26.7 Å². The number of hydrogen-bond acceptors (Lipinski definition) is 1. The van der Waals surface area contributed by atoms with Crippen molar-refractivity contribution in [1.29, 1.82) is 0 Å². The molecule has 0 aliphatic rings. The minimum Gasteiger partial charge on any atom is -0.396 e. The Morgan fingerprint density at radius 3 is 2.56 bits per heavy atom. The summed E-state index contributed by atoms with van der Waals surface area (Å²) >= 11 is 0. The van der Waals surface area contributed by atoms with E-state index in [-0.39, 0.29) is 6.61 Å². The third-order valence-electron chi connectivity index (χ3n) is 1.36. The highest BCUT2D eigenvalue weighted by molar-refractivity contribution is 4.84. The zero-order chi connectivity index (χ0) is 7.11. The molecule has 1 unspecified atom stereocenters. The summed E-state index contributed by atoms with van der Waals surface area (Å²) in [4.78, 5) is 0. The largest absolute Gasteiger partial charge is 0.396 e. The number of aliphatic hydroxyl groups is 1. The van der Waals surface area contributed by atoms with E-state index in [0.29, 0.717) is 5.92 Å². The van der Waals surface area contributed by atoms with Gasteiger partial charge in [-0.15, -0.1) is 0 Å². The zero-order valence-electron chi connectivity index (χ0n) is 6.30. The predicted molar refractivity (Wildman–Crippen MR) is 40.3 cm³/mol. The van der Waals surface area contributed by atoms with Crippen molar-refractivity contribution >= 4 is 0 Å². The third kappa shape index (κ3) is 4.22. The molecule has 0 saturated heterocycles. The molecule has 0 aromatic heterocycles. The molecule has 1 heteroatoms. The molecule has 0 bridgehead atoms. The normalized spacial score (nSPS) is 14.6. The lowest BCUT2D eigenvalue weighted by molar-refractivity contribution is 0.245. The molecular weight excluding hydrogens is 112 g/mol. The van der Waals surface area contributed by atoms with Gasteiger partial charge in [-0.25, -0.2) is 0 Å². The summed E-state index contributed by atoms with van der Waals surface area (Å²) in [5.74, 6) is 0.389. The first-order valence-corrected chi connectivity index (χ1v) is 3.58. The van der Waals surface area contributed by atoms with Crippen molar-refractivity contribution in [3.05, 3.63) is 12.2 Å². The molecule has 0 rings (SSSR count). The molecule has 0 radical (unpaired) electrons. The number of aliphatic hydroxyl groups excluding tert-OH is 1. The van der Waals surface area contributed by atoms with Gasteiger partial charge in [0.15, 0.2) is 0 Å². The van der Waals surface area contributed by atoms with E-state index in [9.17, 15) is 0 Å². The van der Waals surface area contributed by atoms with E-state index in [4.69, 9.17) is 5.11 Å². The molecule has 0 aromatic rings. The molecule has 0 heterocycles. The lowest BCUT2D eigenvalue weighted by atomic mass is 10.1. The minimum atomic E-state index is 0.290. The third-order valence-corrected chi connectivity index (χ3v) is 1.36. The van der Waals surface area contributed by atoms with Gasteiger partial charge in [-0.05, 0) is 19.3 Å². The first kappa shape index (κ1) is 8.70. The second-order valence-electron chi connectivity index (χ2n) is 2.26. The van der Waals surface area contributed by atoms with Crippen LogP contribution in [0, 0.1) is 5.92 Å². The fraction of sp³-hybridized carbons (Fsp3) is 0.750. The molecule has 1 N–H and O–H groups in total. The SMILES string of the molecule is CC=CC(CO)CCC. The van der Waals surface area contributed by atoms with Gasteiger partial charge in [0.25, 0.3) is 0 Å². The van der Waals surface area contributed by atoms with E-state index < -0.39 is 0 Å². The molecule has 54 valence electrons. The van der Waals surface area contributed by atoms with Crippen LogP contribution in [0.4, 0.5) is 0 Å². The Bertz CT molecular complexity index is 76.6. The van der Waals surface area contributed by atoms with Crippen molar-refractivity contribution in [2.24, 2.45) is 5.92 Å². The molecule has 0 saturated carbocycles. The maximum Gasteiger partial charge on any atom is 0.0493 e. The number of allylic oxidation sites excluding steroid dienone is 1. The van der Waals surface area contributed by atoms with Crippen molar-refractivity contribution in [2.75, 3.05) is 6.61 Å². The van der Waals surface area contributed by atoms with Crippen LogP contribution in [-0.4, -0.2) is 11.7 Å². The predicted octanol–water partition coefficient (Wildman–Crippen LogP) is 1.97. The Balaban J connectivity index is 3.41. The van der Waals surface area contributed by atoms with E-state index in [1.54, 1.807) is 0 Å². The molecule has 0 aromatic carbocycles. The highest BCUT2D eigenvalue weighted by Crippen LogP contribution is 2.05. The number of rotatable bonds is 4. The van der Waals surface area contributed by atoms with Crippen LogP contribution in [0.25, 0.3) is 0 Å². The smallest absolute Gasteiger partial charge is 0.0493 e. The lowest BCUT2D eigenvalue weighted by Gasteiger charge is -2.04. The van der Waals surface area contributed by atoms with Crippen LogP contribution in [0.3, 0.4) is 0 Å². The molecule has 0 spiro atoms. The van der Waals surface area contributed by atoms with E-state index in [0.717, 1.165) is 12.8 Å². The molecule has 1 nitrogen and oxygen atoms in total. The zero-order valence-corrected chi connectivity index (χ0v) is 6.30. The van der Waals surface area contributed by atoms with Crippen molar-refractivity contribution in [2.45, 2.75) is 26.7 Å². The summed E-state index contributed by atoms with van der Waals surface area (Å²) in [7, 11) is 0. The van der Waals surface area contributed by atoms with Crippen LogP contribution in [0.2, 0.25) is 0 Å². The van der Waals surface area contributed by atoms with Crippen LogP contribution in [0.15, 0.2) is 12.2 Å². The fourth-order valence-corrected chi connectivity index (χ4v) is 0.891. The molecule has 9 heavy (non-hydrogen) atoms. The van der Waals surface area contributed by atoms with E-state index in [1.165, 1.54) is 0 Å². The van der Waals surface area contributed by atoms with Crippen molar-refractivity contribution in [3.63, 3.8) is 0 Å². The van der Waals surface area contributed by atoms with Crippen molar-refractivity contribution in [3.8, 4) is 0 Å². The van der Waals surface area contributed by atoms with Gasteiger partial charge in [0, 0.05) is 6.61 Å². The fourth-order valence-electron chi connectivity index (χ4n) is 0.891. The number of hydrogen-bond donors (Lipinski definition) is 1. The highest BCUT2D eigenvalue weighted by atomic mass is 16.3. The van der Waals surface area contributed by atoms with Gasteiger partial charge in [0.1, 0.15) is 0 Å². The second-order valence-corrected chi connectivity index (χ2v) is 2.26. The lowest BCUT2D eigenvalue weighted by Crippen LogP contribution is -2.00. The van der Waals surface area contributed by atoms with Crippen molar-refractivity contribution < 1.29 is 5.11 Å². The first-order chi connectivity index (χ1) is 4.35. The Morgan fingerprint density at radius 2 is 2.22 bits per heavy atom. The van der Waals surface area contributed by atoms with Crippen LogP contribution < -0.4 is 0 Å². The molecular formula is C8H16O. The van der Waals surface area contributed by atoms with Crippen molar-refractivity contribution in [1.82, 2.24) is 0 Å². The van der Waals surface area contributed by atoms with E-state index in [2.05, 4.69) is 13.0 Å².